The number of carbonyl (C=O) groups excluding carboxylic acids is 1. The lowest BCUT2D eigenvalue weighted by molar-refractivity contribution is 0.0174. The number of hydrogen-bond donors (Lipinski definition) is 1. The molecule has 0 spiro atoms. The van der Waals surface area contributed by atoms with E-state index in [9.17, 15) is 22.0 Å². The van der Waals surface area contributed by atoms with Crippen LogP contribution >= 0.6 is 11.3 Å². The maximum absolute atomic E-state index is 13.3. The molecule has 0 unspecified atom stereocenters. The first-order valence-electron chi connectivity index (χ1n) is 7.04. The van der Waals surface area contributed by atoms with Gasteiger partial charge in [-0.25, -0.2) is 17.2 Å². The minimum absolute atomic E-state index is 0.0777. The van der Waals surface area contributed by atoms with E-state index < -0.39 is 21.7 Å². The average molecular weight is 373 g/mol. The molecular weight excluding hydrogens is 356 g/mol. The van der Waals surface area contributed by atoms with Crippen molar-refractivity contribution in [1.82, 2.24) is 5.32 Å². The minimum Gasteiger partial charge on any atom is -0.347 e. The molecule has 1 amide bonds. The molecule has 24 heavy (non-hydrogen) atoms. The molecule has 1 aromatic heterocycles. The van der Waals surface area contributed by atoms with Crippen molar-refractivity contribution in [2.24, 2.45) is 0 Å². The van der Waals surface area contributed by atoms with Gasteiger partial charge in [0.1, 0.15) is 4.21 Å². The number of carbonyl (C=O) groups is 1. The number of sulfone groups is 1. The van der Waals surface area contributed by atoms with E-state index in [1.807, 2.05) is 0 Å². The second-order valence-corrected chi connectivity index (χ2v) is 8.93. The Morgan fingerprint density at radius 1 is 1.25 bits per heavy atom. The van der Waals surface area contributed by atoms with Crippen LogP contribution in [0, 0.1) is 6.92 Å². The number of halogens is 2. The van der Waals surface area contributed by atoms with E-state index in [1.54, 1.807) is 13.0 Å². The molecule has 1 aromatic carbocycles. The molecule has 0 radical (unpaired) electrons. The molecule has 130 valence electrons. The zero-order valence-electron chi connectivity index (χ0n) is 13.4. The van der Waals surface area contributed by atoms with Crippen molar-refractivity contribution < 1.29 is 22.0 Å². The maximum atomic E-state index is 13.3. The van der Waals surface area contributed by atoms with Crippen LogP contribution in [0.3, 0.4) is 0 Å². The Morgan fingerprint density at radius 3 is 2.42 bits per heavy atom. The summed E-state index contributed by atoms with van der Waals surface area (Å²) in [5.41, 5.74) is 1.29. The highest BCUT2D eigenvalue weighted by atomic mass is 32.2. The van der Waals surface area contributed by atoms with Crippen LogP contribution in [0.2, 0.25) is 0 Å². The zero-order chi connectivity index (χ0) is 18.1. The van der Waals surface area contributed by atoms with Gasteiger partial charge in [0.25, 0.3) is 11.8 Å². The van der Waals surface area contributed by atoms with E-state index in [0.717, 1.165) is 30.1 Å². The van der Waals surface area contributed by atoms with Gasteiger partial charge in [0.2, 0.25) is 0 Å². The predicted octanol–water partition coefficient (Wildman–Crippen LogP) is 3.50. The van der Waals surface area contributed by atoms with Crippen molar-refractivity contribution in [3.63, 3.8) is 0 Å². The van der Waals surface area contributed by atoms with Crippen LogP contribution in [-0.4, -0.2) is 20.6 Å². The van der Waals surface area contributed by atoms with E-state index >= 15 is 0 Å². The highest BCUT2D eigenvalue weighted by Gasteiger charge is 2.24. The van der Waals surface area contributed by atoms with Gasteiger partial charge in [-0.05, 0) is 36.2 Å². The summed E-state index contributed by atoms with van der Waals surface area (Å²) in [5.74, 6) is -3.31. The van der Waals surface area contributed by atoms with Gasteiger partial charge in [0, 0.05) is 25.3 Å². The van der Waals surface area contributed by atoms with E-state index in [0.29, 0.717) is 5.56 Å². The molecule has 0 atom stereocenters. The van der Waals surface area contributed by atoms with Gasteiger partial charge < -0.3 is 5.32 Å². The number of aryl methyl sites for hydroxylation is 1. The third kappa shape index (κ3) is 4.39. The fourth-order valence-electron chi connectivity index (χ4n) is 2.07. The van der Waals surface area contributed by atoms with E-state index in [2.05, 4.69) is 5.32 Å². The van der Waals surface area contributed by atoms with Crippen LogP contribution in [-0.2, 0) is 22.3 Å². The largest absolute Gasteiger partial charge is 0.347 e. The number of thiophene rings is 1. The normalized spacial score (nSPS) is 12.2. The summed E-state index contributed by atoms with van der Waals surface area (Å²) in [5, 5.41) is 2.67. The third-order valence-electron chi connectivity index (χ3n) is 3.46. The van der Waals surface area contributed by atoms with Crippen LogP contribution in [0.15, 0.2) is 34.5 Å². The number of rotatable bonds is 5. The summed E-state index contributed by atoms with van der Waals surface area (Å²) in [6.45, 7) is 2.70. The van der Waals surface area contributed by atoms with E-state index in [1.165, 1.54) is 24.3 Å². The molecule has 8 heteroatoms. The molecule has 0 aliphatic heterocycles. The van der Waals surface area contributed by atoms with Gasteiger partial charge in [-0.3, -0.25) is 4.79 Å². The molecule has 2 rings (SSSR count). The van der Waals surface area contributed by atoms with E-state index in [4.69, 9.17) is 0 Å². The highest BCUT2D eigenvalue weighted by molar-refractivity contribution is 7.92. The maximum Gasteiger partial charge on any atom is 0.270 e. The Kier molecular flexibility index (Phi) is 5.10. The fraction of sp³-hybridized carbons (Fsp3) is 0.312. The third-order valence-corrected chi connectivity index (χ3v) is 6.36. The minimum atomic E-state index is -3.34. The van der Waals surface area contributed by atoms with Crippen LogP contribution in [0.5, 0.6) is 0 Å². The molecule has 0 bridgehead atoms. The Bertz CT molecular complexity index is 868. The number of nitrogens with one attached hydrogen (secondary N) is 1. The van der Waals surface area contributed by atoms with Crippen molar-refractivity contribution >= 4 is 27.1 Å². The summed E-state index contributed by atoms with van der Waals surface area (Å²) < 4.78 is 49.5. The fourth-order valence-corrected chi connectivity index (χ4v) is 3.92. The van der Waals surface area contributed by atoms with Crippen molar-refractivity contribution in [3.05, 3.63) is 51.9 Å². The SMILES string of the molecule is Cc1cc(C(C)(F)F)ccc1CNC(=O)c1ccc(S(C)(=O)=O)s1. The zero-order valence-corrected chi connectivity index (χ0v) is 15.0. The molecule has 0 saturated carbocycles. The molecule has 0 aliphatic rings. The van der Waals surface area contributed by atoms with Gasteiger partial charge in [0.15, 0.2) is 9.84 Å². The van der Waals surface area contributed by atoms with Crippen LogP contribution < -0.4 is 5.32 Å². The number of alkyl halides is 2. The number of hydrogen-bond acceptors (Lipinski definition) is 4. The second kappa shape index (κ2) is 6.60. The van der Waals surface area contributed by atoms with Crippen molar-refractivity contribution in [2.75, 3.05) is 6.26 Å². The molecule has 1 heterocycles. The molecule has 0 aliphatic carbocycles. The van der Waals surface area contributed by atoms with Gasteiger partial charge in [-0.15, -0.1) is 11.3 Å². The monoisotopic (exact) mass is 373 g/mol. The van der Waals surface area contributed by atoms with Crippen molar-refractivity contribution in [1.29, 1.82) is 0 Å². The quantitative estimate of drug-likeness (QED) is 0.872. The standard InChI is InChI=1S/C16H17F2NO3S2/c1-10-8-12(16(2,17)18)5-4-11(10)9-19-15(20)13-6-7-14(23-13)24(3,21)22/h4-8H,9H2,1-3H3,(H,19,20). The van der Waals surface area contributed by atoms with Crippen LogP contribution in [0.4, 0.5) is 8.78 Å². The predicted molar refractivity (Wildman–Crippen MR) is 89.3 cm³/mol. The summed E-state index contributed by atoms with van der Waals surface area (Å²) >= 11 is 0.894. The Hall–Kier alpha value is -1.80. The Morgan fingerprint density at radius 2 is 1.92 bits per heavy atom. The van der Waals surface area contributed by atoms with Gasteiger partial charge in [0.05, 0.1) is 4.88 Å². The Labute approximate surface area is 143 Å². The van der Waals surface area contributed by atoms with Crippen LogP contribution in [0.25, 0.3) is 0 Å². The van der Waals surface area contributed by atoms with Gasteiger partial charge in [-0.1, -0.05) is 12.1 Å². The van der Waals surface area contributed by atoms with Crippen LogP contribution in [0.1, 0.15) is 33.3 Å². The molecule has 1 N–H and O–H groups in total. The second-order valence-electron chi connectivity index (χ2n) is 5.60. The van der Waals surface area contributed by atoms with Gasteiger partial charge in [-0.2, -0.15) is 0 Å². The first-order valence-corrected chi connectivity index (χ1v) is 9.75. The van der Waals surface area contributed by atoms with Gasteiger partial charge >= 0.3 is 0 Å². The highest BCUT2D eigenvalue weighted by Crippen LogP contribution is 2.28. The lowest BCUT2D eigenvalue weighted by Crippen LogP contribution is -2.22. The summed E-state index contributed by atoms with van der Waals surface area (Å²) in [6, 6.07) is 7.12. The Balaban J connectivity index is 2.08. The lowest BCUT2D eigenvalue weighted by Gasteiger charge is -2.14. The lowest BCUT2D eigenvalue weighted by atomic mass is 10.0. The van der Waals surface area contributed by atoms with Crippen molar-refractivity contribution in [2.45, 2.75) is 30.5 Å². The molecule has 2 aromatic rings. The molecule has 0 saturated heterocycles. The smallest absolute Gasteiger partial charge is 0.270 e. The number of benzene rings is 1. The average Bonchev–Trinajstić information content (AvgIpc) is 2.94. The molecule has 4 nitrogen and oxygen atoms in total. The summed E-state index contributed by atoms with van der Waals surface area (Å²) in [6.07, 6.45) is 1.08. The molecular formula is C16H17F2NO3S2. The van der Waals surface area contributed by atoms with Crippen molar-refractivity contribution in [3.8, 4) is 0 Å². The topological polar surface area (TPSA) is 63.2 Å². The summed E-state index contributed by atoms with van der Waals surface area (Å²) in [7, 11) is -3.34. The summed E-state index contributed by atoms with van der Waals surface area (Å²) in [4.78, 5) is 12.4. The number of amides is 1. The first kappa shape index (κ1) is 18.5. The molecule has 0 fully saturated rings. The van der Waals surface area contributed by atoms with E-state index in [-0.39, 0.29) is 21.2 Å². The first-order chi connectivity index (χ1) is 11.0.